The van der Waals surface area contributed by atoms with Gasteiger partial charge >= 0.3 is 5.97 Å². The minimum absolute atomic E-state index is 0.0335. The van der Waals surface area contributed by atoms with E-state index in [2.05, 4.69) is 0 Å². The zero-order valence-corrected chi connectivity index (χ0v) is 10.8. The third-order valence-electron chi connectivity index (χ3n) is 4.19. The van der Waals surface area contributed by atoms with E-state index in [1.54, 1.807) is 7.11 Å². The number of methoxy groups -OCH3 is 1. The second-order valence-electron chi connectivity index (χ2n) is 5.33. The Balaban J connectivity index is 1.87. The number of nitrogens with zero attached hydrogens (tertiary/aromatic N) is 1. The normalized spacial score (nSPS) is 28.2. The van der Waals surface area contributed by atoms with Crippen LogP contribution in [0.3, 0.4) is 0 Å². The van der Waals surface area contributed by atoms with Gasteiger partial charge in [0.25, 0.3) is 0 Å². The minimum Gasteiger partial charge on any atom is -0.480 e. The highest BCUT2D eigenvalue weighted by Gasteiger charge is 2.39. The number of amides is 1. The highest BCUT2D eigenvalue weighted by Crippen LogP contribution is 2.31. The number of carboxylic acid groups (broad SMARTS) is 1. The molecule has 1 heterocycles. The number of likely N-dealkylation sites (tertiary alicyclic amines) is 1. The molecule has 0 radical (unpaired) electrons. The summed E-state index contributed by atoms with van der Waals surface area (Å²) in [5.41, 5.74) is 0. The first kappa shape index (κ1) is 13.3. The SMILES string of the molecule is COC1CC(C(=O)O)N(C(=O)CCC2CCC2)C1. The van der Waals surface area contributed by atoms with Gasteiger partial charge in [-0.25, -0.2) is 4.79 Å². The first-order chi connectivity index (χ1) is 8.61. The van der Waals surface area contributed by atoms with E-state index in [1.165, 1.54) is 24.2 Å². The van der Waals surface area contributed by atoms with Crippen LogP contribution in [0.2, 0.25) is 0 Å². The Morgan fingerprint density at radius 1 is 1.39 bits per heavy atom. The summed E-state index contributed by atoms with van der Waals surface area (Å²) in [6.45, 7) is 0.414. The quantitative estimate of drug-likeness (QED) is 0.803. The standard InChI is InChI=1S/C13H21NO4/c1-18-10-7-11(13(16)17)14(8-10)12(15)6-5-9-3-2-4-9/h9-11H,2-8H2,1H3,(H,16,17). The summed E-state index contributed by atoms with van der Waals surface area (Å²) in [7, 11) is 1.56. The fourth-order valence-electron chi connectivity index (χ4n) is 2.73. The first-order valence-corrected chi connectivity index (χ1v) is 6.67. The number of aliphatic carboxylic acids is 1. The van der Waals surface area contributed by atoms with Gasteiger partial charge in [0.2, 0.25) is 5.91 Å². The van der Waals surface area contributed by atoms with Crippen LogP contribution in [0.4, 0.5) is 0 Å². The van der Waals surface area contributed by atoms with E-state index >= 15 is 0 Å². The molecule has 0 bridgehead atoms. The first-order valence-electron chi connectivity index (χ1n) is 6.67. The molecular weight excluding hydrogens is 234 g/mol. The lowest BCUT2D eigenvalue weighted by atomic mass is 9.82. The van der Waals surface area contributed by atoms with Gasteiger partial charge in [0.15, 0.2) is 0 Å². The highest BCUT2D eigenvalue weighted by atomic mass is 16.5. The summed E-state index contributed by atoms with van der Waals surface area (Å²) < 4.78 is 5.17. The molecule has 1 saturated heterocycles. The van der Waals surface area contributed by atoms with Crippen LogP contribution in [0.5, 0.6) is 0 Å². The number of carbonyl (C=O) groups excluding carboxylic acids is 1. The van der Waals surface area contributed by atoms with Crippen LogP contribution in [0.15, 0.2) is 0 Å². The smallest absolute Gasteiger partial charge is 0.326 e. The van der Waals surface area contributed by atoms with E-state index in [0.717, 1.165) is 6.42 Å². The average molecular weight is 255 g/mol. The van der Waals surface area contributed by atoms with Gasteiger partial charge in [0, 0.05) is 26.5 Å². The van der Waals surface area contributed by atoms with Crippen LogP contribution in [0, 0.1) is 5.92 Å². The number of carbonyl (C=O) groups is 2. The molecule has 5 heteroatoms. The van der Waals surface area contributed by atoms with Gasteiger partial charge in [-0.1, -0.05) is 19.3 Å². The summed E-state index contributed by atoms with van der Waals surface area (Å²) in [6.07, 6.45) is 5.35. The maximum Gasteiger partial charge on any atom is 0.326 e. The van der Waals surface area contributed by atoms with E-state index in [9.17, 15) is 9.59 Å². The van der Waals surface area contributed by atoms with Gasteiger partial charge < -0.3 is 14.7 Å². The predicted octanol–water partition coefficient (Wildman–Crippen LogP) is 1.27. The summed E-state index contributed by atoms with van der Waals surface area (Å²) >= 11 is 0. The molecule has 102 valence electrons. The van der Waals surface area contributed by atoms with Crippen LogP contribution in [0.25, 0.3) is 0 Å². The lowest BCUT2D eigenvalue weighted by Crippen LogP contribution is -2.40. The third-order valence-corrected chi connectivity index (χ3v) is 4.19. The van der Waals surface area contributed by atoms with Crippen molar-refractivity contribution < 1.29 is 19.4 Å². The summed E-state index contributed by atoms with van der Waals surface area (Å²) in [5, 5.41) is 9.13. The molecule has 0 aromatic rings. The predicted molar refractivity (Wildman–Crippen MR) is 65.1 cm³/mol. The lowest BCUT2D eigenvalue weighted by Gasteiger charge is -2.27. The largest absolute Gasteiger partial charge is 0.480 e. The Morgan fingerprint density at radius 3 is 2.61 bits per heavy atom. The van der Waals surface area contributed by atoms with E-state index in [-0.39, 0.29) is 12.0 Å². The van der Waals surface area contributed by atoms with Gasteiger partial charge in [-0.05, 0) is 12.3 Å². The highest BCUT2D eigenvalue weighted by molar-refractivity contribution is 5.84. The van der Waals surface area contributed by atoms with Crippen LogP contribution in [-0.2, 0) is 14.3 Å². The molecule has 2 unspecified atom stereocenters. The van der Waals surface area contributed by atoms with Crippen molar-refractivity contribution in [1.82, 2.24) is 4.90 Å². The summed E-state index contributed by atoms with van der Waals surface area (Å²) in [5.74, 6) is -0.279. The Hall–Kier alpha value is -1.10. The molecule has 2 rings (SSSR count). The maximum atomic E-state index is 12.1. The number of carboxylic acids is 1. The van der Waals surface area contributed by atoms with Crippen molar-refractivity contribution in [3.05, 3.63) is 0 Å². The Morgan fingerprint density at radius 2 is 2.11 bits per heavy atom. The average Bonchev–Trinajstić information content (AvgIpc) is 2.70. The summed E-state index contributed by atoms with van der Waals surface area (Å²) in [6, 6.07) is -0.705. The third kappa shape index (κ3) is 2.83. The van der Waals surface area contributed by atoms with Crippen molar-refractivity contribution in [2.24, 2.45) is 5.92 Å². The van der Waals surface area contributed by atoms with Crippen molar-refractivity contribution >= 4 is 11.9 Å². The molecule has 1 N–H and O–H groups in total. The Kier molecular flexibility index (Phi) is 4.22. The van der Waals surface area contributed by atoms with Gasteiger partial charge in [0.1, 0.15) is 6.04 Å². The van der Waals surface area contributed by atoms with Gasteiger partial charge in [-0.15, -0.1) is 0 Å². The van der Waals surface area contributed by atoms with Crippen LogP contribution >= 0.6 is 0 Å². The minimum atomic E-state index is -0.924. The number of hydrogen-bond acceptors (Lipinski definition) is 3. The summed E-state index contributed by atoms with van der Waals surface area (Å²) in [4.78, 5) is 24.7. The number of hydrogen-bond donors (Lipinski definition) is 1. The molecule has 5 nitrogen and oxygen atoms in total. The van der Waals surface area contributed by atoms with Gasteiger partial charge in [-0.2, -0.15) is 0 Å². The molecule has 2 atom stereocenters. The van der Waals surface area contributed by atoms with Crippen LogP contribution < -0.4 is 0 Å². The van der Waals surface area contributed by atoms with Crippen molar-refractivity contribution in [3.8, 4) is 0 Å². The fraction of sp³-hybridized carbons (Fsp3) is 0.846. The molecule has 2 aliphatic rings. The molecule has 1 aliphatic carbocycles. The molecular formula is C13H21NO4. The van der Waals surface area contributed by atoms with Crippen LogP contribution in [0.1, 0.15) is 38.5 Å². The zero-order valence-electron chi connectivity index (χ0n) is 10.8. The second-order valence-corrected chi connectivity index (χ2v) is 5.33. The Labute approximate surface area is 107 Å². The van der Waals surface area contributed by atoms with Gasteiger partial charge in [-0.3, -0.25) is 4.79 Å². The van der Waals surface area contributed by atoms with E-state index in [4.69, 9.17) is 9.84 Å². The number of rotatable bonds is 5. The lowest BCUT2D eigenvalue weighted by molar-refractivity contribution is -0.148. The van der Waals surface area contributed by atoms with E-state index in [0.29, 0.717) is 25.3 Å². The topological polar surface area (TPSA) is 66.8 Å². The van der Waals surface area contributed by atoms with Crippen LogP contribution in [-0.4, -0.2) is 47.7 Å². The monoisotopic (exact) mass is 255 g/mol. The maximum absolute atomic E-state index is 12.1. The molecule has 1 amide bonds. The fourth-order valence-corrected chi connectivity index (χ4v) is 2.73. The molecule has 0 aromatic carbocycles. The molecule has 0 spiro atoms. The van der Waals surface area contributed by atoms with Crippen molar-refractivity contribution in [2.75, 3.05) is 13.7 Å². The molecule has 2 fully saturated rings. The zero-order chi connectivity index (χ0) is 13.1. The van der Waals surface area contributed by atoms with Crippen molar-refractivity contribution in [1.29, 1.82) is 0 Å². The van der Waals surface area contributed by atoms with Crippen molar-refractivity contribution in [3.63, 3.8) is 0 Å². The molecule has 18 heavy (non-hydrogen) atoms. The molecule has 1 saturated carbocycles. The number of ether oxygens (including phenoxy) is 1. The van der Waals surface area contributed by atoms with E-state index in [1.807, 2.05) is 0 Å². The second kappa shape index (κ2) is 5.69. The van der Waals surface area contributed by atoms with Gasteiger partial charge in [0.05, 0.1) is 6.10 Å². The molecule has 1 aliphatic heterocycles. The van der Waals surface area contributed by atoms with E-state index < -0.39 is 12.0 Å². The van der Waals surface area contributed by atoms with Crippen molar-refractivity contribution in [2.45, 2.75) is 50.7 Å². The molecule has 0 aromatic heterocycles. The Bertz CT molecular complexity index is 327.